The summed E-state index contributed by atoms with van der Waals surface area (Å²) in [5.41, 5.74) is 2.93. The first kappa shape index (κ1) is 18.4. The van der Waals surface area contributed by atoms with E-state index in [-0.39, 0.29) is 31.8 Å². The van der Waals surface area contributed by atoms with Gasteiger partial charge in [-0.2, -0.15) is 5.10 Å². The van der Waals surface area contributed by atoms with E-state index in [1.165, 1.54) is 17.4 Å². The van der Waals surface area contributed by atoms with Gasteiger partial charge in [-0.15, -0.1) is 0 Å². The van der Waals surface area contributed by atoms with Crippen LogP contribution in [0.5, 0.6) is 0 Å². The molecule has 0 bridgehead atoms. The smallest absolute Gasteiger partial charge is 0.255 e. The molecule has 152 valence electrons. The predicted octanol–water partition coefficient (Wildman–Crippen LogP) is 3.48. The summed E-state index contributed by atoms with van der Waals surface area (Å²) in [7, 11) is 0. The van der Waals surface area contributed by atoms with Gasteiger partial charge in [0, 0.05) is 49.4 Å². The number of halogens is 2. The molecule has 4 aromatic rings. The number of hydrogen-bond donors (Lipinski definition) is 0. The highest BCUT2D eigenvalue weighted by Gasteiger charge is 2.35. The molecule has 0 aliphatic carbocycles. The van der Waals surface area contributed by atoms with Gasteiger partial charge in [0.25, 0.3) is 11.8 Å². The monoisotopic (exact) mass is 408 g/mol. The number of hydrogen-bond acceptors (Lipinski definition) is 4. The zero-order chi connectivity index (χ0) is 20.7. The Morgan fingerprint density at radius 3 is 2.47 bits per heavy atom. The fraction of sp³-hybridized carbons (Fsp3) is 0.238. The van der Waals surface area contributed by atoms with Crippen molar-refractivity contribution < 1.29 is 13.6 Å². The van der Waals surface area contributed by atoms with Crippen molar-refractivity contribution in [1.29, 1.82) is 0 Å². The second-order valence-corrected chi connectivity index (χ2v) is 7.33. The highest BCUT2D eigenvalue weighted by molar-refractivity contribution is 5.97. The third-order valence-electron chi connectivity index (χ3n) is 5.37. The van der Waals surface area contributed by atoms with E-state index in [4.69, 9.17) is 0 Å². The number of aromatic nitrogens is 5. The molecule has 1 fully saturated rings. The minimum Gasteiger partial charge on any atom is -0.338 e. The summed E-state index contributed by atoms with van der Waals surface area (Å²) in [5.74, 6) is -2.94. The van der Waals surface area contributed by atoms with Crippen LogP contribution in [-0.4, -0.2) is 54.1 Å². The lowest BCUT2D eigenvalue weighted by Crippen LogP contribution is -2.42. The van der Waals surface area contributed by atoms with Crippen LogP contribution in [0.3, 0.4) is 0 Å². The van der Waals surface area contributed by atoms with Crippen LogP contribution in [0.4, 0.5) is 8.78 Å². The Labute approximate surface area is 170 Å². The third kappa shape index (κ3) is 3.32. The molecule has 1 amide bonds. The minimum absolute atomic E-state index is 0.0585. The van der Waals surface area contributed by atoms with Gasteiger partial charge in [-0.25, -0.2) is 23.4 Å². The van der Waals surface area contributed by atoms with Crippen LogP contribution in [0.2, 0.25) is 0 Å². The number of pyridine rings is 1. The third-order valence-corrected chi connectivity index (χ3v) is 5.37. The molecular weight excluding hydrogens is 390 g/mol. The van der Waals surface area contributed by atoms with Crippen molar-refractivity contribution in [3.63, 3.8) is 0 Å². The molecule has 0 spiro atoms. The number of rotatable bonds is 3. The maximum Gasteiger partial charge on any atom is 0.255 e. The Hall–Kier alpha value is -3.62. The highest BCUT2D eigenvalue weighted by Crippen LogP contribution is 2.29. The number of carbonyl (C=O) groups is 1. The molecule has 5 rings (SSSR count). The van der Waals surface area contributed by atoms with Crippen LogP contribution in [0.25, 0.3) is 22.4 Å². The fourth-order valence-electron chi connectivity index (χ4n) is 3.68. The van der Waals surface area contributed by atoms with Gasteiger partial charge in [0.05, 0.1) is 11.3 Å². The van der Waals surface area contributed by atoms with Gasteiger partial charge >= 0.3 is 0 Å². The highest BCUT2D eigenvalue weighted by atomic mass is 19.3. The average Bonchev–Trinajstić information content (AvgIpc) is 3.43. The number of likely N-dealkylation sites (tertiary alicyclic amines) is 1. The van der Waals surface area contributed by atoms with Gasteiger partial charge in [0.2, 0.25) is 0 Å². The largest absolute Gasteiger partial charge is 0.338 e. The first-order valence-corrected chi connectivity index (χ1v) is 9.60. The molecule has 0 unspecified atom stereocenters. The lowest BCUT2D eigenvalue weighted by molar-refractivity contribution is -0.0494. The number of nitrogens with zero attached hydrogens (tertiary/aromatic N) is 6. The normalized spacial score (nSPS) is 16.1. The molecule has 0 N–H and O–H groups in total. The Kier molecular flexibility index (Phi) is 4.30. The summed E-state index contributed by atoms with van der Waals surface area (Å²) >= 11 is 0. The van der Waals surface area contributed by atoms with Crippen LogP contribution in [-0.2, 0) is 0 Å². The van der Waals surface area contributed by atoms with Crippen molar-refractivity contribution in [3.05, 3.63) is 67.0 Å². The van der Waals surface area contributed by atoms with E-state index in [0.717, 1.165) is 16.8 Å². The number of fused-ring (bicyclic) bond motifs is 1. The lowest BCUT2D eigenvalue weighted by Gasteiger charge is -2.31. The molecule has 30 heavy (non-hydrogen) atoms. The van der Waals surface area contributed by atoms with Gasteiger partial charge in [0.15, 0.2) is 0 Å². The predicted molar refractivity (Wildman–Crippen MR) is 106 cm³/mol. The first-order valence-electron chi connectivity index (χ1n) is 9.60. The molecule has 7 nitrogen and oxygen atoms in total. The van der Waals surface area contributed by atoms with E-state index < -0.39 is 5.92 Å². The zero-order valence-electron chi connectivity index (χ0n) is 15.9. The van der Waals surface area contributed by atoms with E-state index in [1.807, 2.05) is 41.1 Å². The Morgan fingerprint density at radius 2 is 1.77 bits per heavy atom. The van der Waals surface area contributed by atoms with E-state index in [0.29, 0.717) is 11.2 Å². The van der Waals surface area contributed by atoms with Crippen molar-refractivity contribution in [3.8, 4) is 11.4 Å². The molecule has 0 saturated carbocycles. The quantitative estimate of drug-likeness (QED) is 0.521. The van der Waals surface area contributed by atoms with Crippen molar-refractivity contribution in [2.75, 3.05) is 13.1 Å². The summed E-state index contributed by atoms with van der Waals surface area (Å²) in [6.07, 6.45) is 5.91. The molecular formula is C21H18F2N6O. The number of carbonyl (C=O) groups excluding carboxylic acids is 1. The van der Waals surface area contributed by atoms with Crippen molar-refractivity contribution in [2.45, 2.75) is 18.8 Å². The zero-order valence-corrected chi connectivity index (χ0v) is 15.9. The van der Waals surface area contributed by atoms with Crippen LogP contribution >= 0.6 is 0 Å². The molecule has 1 aromatic carbocycles. The van der Waals surface area contributed by atoms with Crippen LogP contribution < -0.4 is 0 Å². The second kappa shape index (κ2) is 7.01. The topological polar surface area (TPSA) is 68.8 Å². The second-order valence-electron chi connectivity index (χ2n) is 7.33. The van der Waals surface area contributed by atoms with Crippen molar-refractivity contribution in [2.24, 2.45) is 0 Å². The van der Waals surface area contributed by atoms with Gasteiger partial charge < -0.3 is 9.47 Å². The van der Waals surface area contributed by atoms with Crippen LogP contribution in [0.15, 0.2) is 61.4 Å². The Morgan fingerprint density at radius 1 is 1.03 bits per heavy atom. The number of alkyl halides is 2. The van der Waals surface area contributed by atoms with E-state index >= 15 is 0 Å². The van der Waals surface area contributed by atoms with Crippen molar-refractivity contribution >= 4 is 16.9 Å². The molecule has 1 aliphatic rings. The summed E-state index contributed by atoms with van der Waals surface area (Å²) < 4.78 is 30.3. The summed E-state index contributed by atoms with van der Waals surface area (Å²) in [4.78, 5) is 22.6. The van der Waals surface area contributed by atoms with Gasteiger partial charge in [-0.05, 0) is 36.4 Å². The molecule has 0 radical (unpaired) electrons. The summed E-state index contributed by atoms with van der Waals surface area (Å²) in [6.45, 7) is 0.117. The van der Waals surface area contributed by atoms with E-state index in [1.54, 1.807) is 17.1 Å². The number of piperidine rings is 1. The van der Waals surface area contributed by atoms with E-state index in [9.17, 15) is 13.6 Å². The molecule has 9 heteroatoms. The first-order chi connectivity index (χ1) is 14.5. The number of amides is 1. The summed E-state index contributed by atoms with van der Waals surface area (Å²) in [5, 5.41) is 4.92. The Balaban J connectivity index is 1.39. The molecule has 1 aliphatic heterocycles. The maximum atomic E-state index is 13.4. The SMILES string of the molecule is O=C(c1cnc2c(ccn2-c2ccc(-n3cncn3)cc2)c1)N1CCC(F)(F)CC1. The van der Waals surface area contributed by atoms with Gasteiger partial charge in [-0.3, -0.25) is 4.79 Å². The van der Waals surface area contributed by atoms with Crippen LogP contribution in [0, 0.1) is 0 Å². The van der Waals surface area contributed by atoms with E-state index in [2.05, 4.69) is 15.1 Å². The minimum atomic E-state index is -2.68. The Bertz CT molecular complexity index is 1190. The summed E-state index contributed by atoms with van der Waals surface area (Å²) in [6, 6.07) is 11.4. The maximum absolute atomic E-state index is 13.4. The van der Waals surface area contributed by atoms with Gasteiger partial charge in [-0.1, -0.05) is 0 Å². The molecule has 4 heterocycles. The lowest BCUT2D eigenvalue weighted by atomic mass is 10.1. The van der Waals surface area contributed by atoms with Crippen LogP contribution in [0.1, 0.15) is 23.2 Å². The molecule has 3 aromatic heterocycles. The number of benzene rings is 1. The average molecular weight is 408 g/mol. The molecule has 0 atom stereocenters. The molecule has 1 saturated heterocycles. The van der Waals surface area contributed by atoms with Gasteiger partial charge in [0.1, 0.15) is 18.3 Å². The standard InChI is InChI=1S/C21H18F2N6O/c22-21(23)6-9-27(10-7-21)20(30)16-11-15-5-8-28(19(15)25-12-16)17-1-3-18(4-2-17)29-14-24-13-26-29/h1-5,8,11-14H,6-7,9-10H2. The fourth-order valence-corrected chi connectivity index (χ4v) is 3.68. The van der Waals surface area contributed by atoms with Crippen molar-refractivity contribution in [1.82, 2.24) is 29.2 Å².